The Morgan fingerprint density at radius 2 is 1.28 bits per heavy atom. The van der Waals surface area contributed by atoms with E-state index in [9.17, 15) is 14.4 Å². The maximum absolute atomic E-state index is 12.8. The number of benzene rings is 2. The molecule has 0 bridgehead atoms. The first-order chi connectivity index (χ1) is 18.3. The lowest BCUT2D eigenvalue weighted by atomic mass is 9.97. The summed E-state index contributed by atoms with van der Waals surface area (Å²) in [6.07, 6.45) is 6.80. The average molecular weight is 539 g/mol. The Bertz CT molecular complexity index is 1210. The summed E-state index contributed by atoms with van der Waals surface area (Å²) in [6, 6.07) is 10.0. The summed E-state index contributed by atoms with van der Waals surface area (Å²) < 4.78 is 27.0. The SMILES string of the molecule is CC=Cc1cc(C=CC(=O)c2ccc(OCOC(=O)C(C)(C)C)cc2)c(OC)cc1OCOC(=O)C(C)(C)C. The number of hydrogen-bond donors (Lipinski definition) is 0. The Morgan fingerprint density at radius 3 is 1.79 bits per heavy atom. The molecule has 8 nitrogen and oxygen atoms in total. The molecule has 2 aromatic rings. The van der Waals surface area contributed by atoms with Gasteiger partial charge in [-0.25, -0.2) is 0 Å². The van der Waals surface area contributed by atoms with Crippen LogP contribution in [0.3, 0.4) is 0 Å². The maximum atomic E-state index is 12.8. The third-order valence-corrected chi connectivity index (χ3v) is 5.31. The van der Waals surface area contributed by atoms with Crippen molar-refractivity contribution >= 4 is 29.9 Å². The minimum Gasteiger partial charge on any atom is -0.496 e. The molecule has 0 aliphatic carbocycles. The maximum Gasteiger partial charge on any atom is 0.314 e. The van der Waals surface area contributed by atoms with Crippen molar-refractivity contribution in [2.75, 3.05) is 20.7 Å². The van der Waals surface area contributed by atoms with Gasteiger partial charge in [0.2, 0.25) is 13.6 Å². The van der Waals surface area contributed by atoms with Gasteiger partial charge in [0.25, 0.3) is 0 Å². The van der Waals surface area contributed by atoms with E-state index in [1.54, 1.807) is 78.0 Å². The fraction of sp³-hybridized carbons (Fsp3) is 0.387. The zero-order valence-corrected chi connectivity index (χ0v) is 24.0. The Kier molecular flexibility index (Phi) is 10.9. The van der Waals surface area contributed by atoms with Crippen molar-refractivity contribution in [2.45, 2.75) is 48.5 Å². The Balaban J connectivity index is 2.10. The molecule has 0 aromatic heterocycles. The summed E-state index contributed by atoms with van der Waals surface area (Å²) in [5, 5.41) is 0. The van der Waals surface area contributed by atoms with E-state index in [1.807, 2.05) is 25.1 Å². The number of esters is 2. The summed E-state index contributed by atoms with van der Waals surface area (Å²) in [5.74, 6) is 0.472. The van der Waals surface area contributed by atoms with E-state index in [1.165, 1.54) is 13.2 Å². The van der Waals surface area contributed by atoms with Crippen LogP contribution in [0.5, 0.6) is 17.2 Å². The number of allylic oxidation sites excluding steroid dienone is 2. The molecule has 0 radical (unpaired) electrons. The summed E-state index contributed by atoms with van der Waals surface area (Å²) in [6.45, 7) is 12.0. The molecule has 0 unspecified atom stereocenters. The Hall–Kier alpha value is -4.07. The molecule has 0 spiro atoms. The van der Waals surface area contributed by atoms with Crippen LogP contribution < -0.4 is 14.2 Å². The number of ether oxygens (including phenoxy) is 5. The van der Waals surface area contributed by atoms with Crippen LogP contribution in [0.25, 0.3) is 12.2 Å². The highest BCUT2D eigenvalue weighted by Gasteiger charge is 2.24. The van der Waals surface area contributed by atoms with E-state index in [4.69, 9.17) is 23.7 Å². The van der Waals surface area contributed by atoms with Gasteiger partial charge in [0.15, 0.2) is 5.78 Å². The van der Waals surface area contributed by atoms with Gasteiger partial charge >= 0.3 is 11.9 Å². The second-order valence-electron chi connectivity index (χ2n) is 10.7. The van der Waals surface area contributed by atoms with Gasteiger partial charge in [0.05, 0.1) is 17.9 Å². The first-order valence-electron chi connectivity index (χ1n) is 12.5. The van der Waals surface area contributed by atoms with Gasteiger partial charge in [0.1, 0.15) is 17.2 Å². The number of carbonyl (C=O) groups excluding carboxylic acids is 3. The summed E-state index contributed by atoms with van der Waals surface area (Å²) in [4.78, 5) is 36.6. The van der Waals surface area contributed by atoms with Crippen LogP contribution in [0.2, 0.25) is 0 Å². The van der Waals surface area contributed by atoms with E-state index in [2.05, 4.69) is 0 Å². The quantitative estimate of drug-likeness (QED) is 0.139. The monoisotopic (exact) mass is 538 g/mol. The topological polar surface area (TPSA) is 97.4 Å². The molecule has 2 aromatic carbocycles. The number of hydrogen-bond acceptors (Lipinski definition) is 8. The number of rotatable bonds is 11. The van der Waals surface area contributed by atoms with E-state index in [-0.39, 0.29) is 31.3 Å². The molecule has 0 amide bonds. The van der Waals surface area contributed by atoms with Gasteiger partial charge in [-0.1, -0.05) is 12.2 Å². The fourth-order valence-electron chi connectivity index (χ4n) is 3.04. The highest BCUT2D eigenvalue weighted by atomic mass is 16.7. The van der Waals surface area contributed by atoms with Crippen molar-refractivity contribution in [3.8, 4) is 17.2 Å². The second kappa shape index (κ2) is 13.6. The summed E-state index contributed by atoms with van der Waals surface area (Å²) >= 11 is 0. The lowest BCUT2D eigenvalue weighted by molar-refractivity contribution is -0.160. The van der Waals surface area contributed by atoms with Crippen LogP contribution in [0, 0.1) is 10.8 Å². The molecule has 2 rings (SSSR count). The van der Waals surface area contributed by atoms with Crippen molar-refractivity contribution in [3.05, 3.63) is 65.2 Å². The van der Waals surface area contributed by atoms with Crippen LogP contribution in [0.1, 0.15) is 70.0 Å². The van der Waals surface area contributed by atoms with Crippen LogP contribution >= 0.6 is 0 Å². The second-order valence-corrected chi connectivity index (χ2v) is 10.7. The van der Waals surface area contributed by atoms with Crippen LogP contribution in [-0.4, -0.2) is 38.4 Å². The van der Waals surface area contributed by atoms with Crippen LogP contribution in [-0.2, 0) is 19.1 Å². The summed E-state index contributed by atoms with van der Waals surface area (Å²) in [7, 11) is 1.52. The number of carbonyl (C=O) groups is 3. The van der Waals surface area contributed by atoms with Crippen molar-refractivity contribution < 1.29 is 38.1 Å². The lowest BCUT2D eigenvalue weighted by Crippen LogP contribution is -2.24. The molecular formula is C31H38O8. The third kappa shape index (κ3) is 9.63. The number of methoxy groups -OCH3 is 1. The molecule has 8 heteroatoms. The Labute approximate surface area is 230 Å². The fourth-order valence-corrected chi connectivity index (χ4v) is 3.04. The van der Waals surface area contributed by atoms with Gasteiger partial charge < -0.3 is 23.7 Å². The molecular weight excluding hydrogens is 500 g/mol. The first-order valence-corrected chi connectivity index (χ1v) is 12.5. The van der Waals surface area contributed by atoms with Gasteiger partial charge in [0, 0.05) is 22.8 Å². The van der Waals surface area contributed by atoms with Crippen molar-refractivity contribution in [2.24, 2.45) is 10.8 Å². The van der Waals surface area contributed by atoms with Gasteiger partial charge in [-0.2, -0.15) is 0 Å². The molecule has 39 heavy (non-hydrogen) atoms. The predicted octanol–water partition coefficient (Wildman–Crippen LogP) is 6.48. The molecule has 0 saturated heterocycles. The highest BCUT2D eigenvalue weighted by Crippen LogP contribution is 2.32. The molecule has 210 valence electrons. The van der Waals surface area contributed by atoms with Crippen molar-refractivity contribution in [3.63, 3.8) is 0 Å². The smallest absolute Gasteiger partial charge is 0.314 e. The third-order valence-electron chi connectivity index (χ3n) is 5.31. The molecule has 0 fully saturated rings. The van der Waals surface area contributed by atoms with E-state index in [0.29, 0.717) is 28.4 Å². The largest absolute Gasteiger partial charge is 0.496 e. The molecule has 0 aliphatic heterocycles. The standard InChI is InChI=1S/C31H38O8/c1-9-10-22-17-23(26(35-8)18-27(22)37-20-39-29(34)31(5,6)7)13-16-25(32)21-11-14-24(15-12-21)36-19-38-28(33)30(2,3)4/h9-18H,19-20H2,1-8H3. The van der Waals surface area contributed by atoms with Crippen molar-refractivity contribution in [1.29, 1.82) is 0 Å². The molecule has 0 heterocycles. The van der Waals surface area contributed by atoms with Gasteiger partial charge in [-0.15, -0.1) is 0 Å². The highest BCUT2D eigenvalue weighted by molar-refractivity contribution is 6.07. The first kappa shape index (κ1) is 31.1. The normalized spacial score (nSPS) is 11.9. The zero-order chi connectivity index (χ0) is 29.2. The molecule has 0 atom stereocenters. The van der Waals surface area contributed by atoms with Crippen LogP contribution in [0.15, 0.2) is 48.6 Å². The van der Waals surface area contributed by atoms with Crippen LogP contribution in [0.4, 0.5) is 0 Å². The van der Waals surface area contributed by atoms with E-state index >= 15 is 0 Å². The van der Waals surface area contributed by atoms with Crippen molar-refractivity contribution in [1.82, 2.24) is 0 Å². The molecule has 0 aliphatic rings. The number of ketones is 1. The minimum atomic E-state index is -0.636. The van der Waals surface area contributed by atoms with Gasteiger partial charge in [-0.05, 0) is 91.0 Å². The van der Waals surface area contributed by atoms with Gasteiger partial charge in [-0.3, -0.25) is 14.4 Å². The molecule has 0 saturated carbocycles. The van der Waals surface area contributed by atoms with E-state index < -0.39 is 10.8 Å². The predicted molar refractivity (Wildman–Crippen MR) is 150 cm³/mol. The Morgan fingerprint density at radius 1 is 0.744 bits per heavy atom. The zero-order valence-electron chi connectivity index (χ0n) is 24.0. The minimum absolute atomic E-state index is 0.212. The lowest BCUT2D eigenvalue weighted by Gasteiger charge is -2.18. The molecule has 0 N–H and O–H groups in total. The van der Waals surface area contributed by atoms with E-state index in [0.717, 1.165) is 5.56 Å². The average Bonchev–Trinajstić information content (AvgIpc) is 2.87. The summed E-state index contributed by atoms with van der Waals surface area (Å²) in [5.41, 5.74) is 0.599.